The minimum Gasteiger partial charge on any atom is -0.393 e. The Morgan fingerprint density at radius 1 is 0.950 bits per heavy atom. The highest BCUT2D eigenvalue weighted by molar-refractivity contribution is 7.13. The molecule has 0 saturated heterocycles. The molecule has 20 heavy (non-hydrogen) atoms. The van der Waals surface area contributed by atoms with Gasteiger partial charge in [0.1, 0.15) is 5.69 Å². The normalized spacial score (nSPS) is 10.7. The lowest BCUT2D eigenvalue weighted by Crippen LogP contribution is -2.38. The summed E-state index contributed by atoms with van der Waals surface area (Å²) in [6.07, 6.45) is 0. The number of aromatic nitrogens is 1. The van der Waals surface area contributed by atoms with Gasteiger partial charge in [-0.15, -0.1) is 11.3 Å². The highest BCUT2D eigenvalue weighted by Gasteiger charge is 2.18. The van der Waals surface area contributed by atoms with E-state index < -0.39 is 0 Å². The third-order valence-corrected chi connectivity index (χ3v) is 4.34. The monoisotopic (exact) mass is 281 g/mol. The standard InChI is InChI=1S/C17H17N2S/c1-12-10-14(17-8-5-9-20-17)11-13(2)19(12)16-7-4-3-6-15(16)18/h3-11H,18H2,1-2H3/q+1. The fourth-order valence-corrected chi connectivity index (χ4v) is 3.27. The van der Waals surface area contributed by atoms with Crippen LogP contribution in [0.3, 0.4) is 0 Å². The first-order chi connectivity index (χ1) is 9.66. The number of nitrogens with two attached hydrogens (primary N) is 1. The van der Waals surface area contributed by atoms with E-state index in [0.29, 0.717) is 0 Å². The summed E-state index contributed by atoms with van der Waals surface area (Å²) in [5.74, 6) is 0. The smallest absolute Gasteiger partial charge is 0.234 e. The van der Waals surface area contributed by atoms with Gasteiger partial charge in [0.2, 0.25) is 5.69 Å². The Balaban J connectivity index is 2.17. The number of thiophene rings is 1. The molecular formula is C17H17N2S+. The van der Waals surface area contributed by atoms with Crippen LogP contribution in [0.4, 0.5) is 5.69 Å². The van der Waals surface area contributed by atoms with Crippen molar-refractivity contribution in [1.82, 2.24) is 0 Å². The van der Waals surface area contributed by atoms with Gasteiger partial charge < -0.3 is 5.73 Å². The molecule has 0 aliphatic heterocycles. The van der Waals surface area contributed by atoms with Gasteiger partial charge in [0, 0.05) is 42.5 Å². The molecule has 100 valence electrons. The van der Waals surface area contributed by atoms with E-state index in [1.54, 1.807) is 11.3 Å². The number of para-hydroxylation sites is 2. The number of rotatable bonds is 2. The van der Waals surface area contributed by atoms with Crippen molar-refractivity contribution >= 4 is 17.0 Å². The van der Waals surface area contributed by atoms with E-state index in [4.69, 9.17) is 5.73 Å². The molecule has 2 heterocycles. The van der Waals surface area contributed by atoms with Gasteiger partial charge in [-0.05, 0) is 17.5 Å². The molecular weight excluding hydrogens is 264 g/mol. The van der Waals surface area contributed by atoms with Crippen LogP contribution in [0.2, 0.25) is 0 Å². The Kier molecular flexibility index (Phi) is 3.28. The molecule has 0 saturated carbocycles. The van der Waals surface area contributed by atoms with Crippen LogP contribution >= 0.6 is 11.3 Å². The minimum atomic E-state index is 0.799. The minimum absolute atomic E-state index is 0.799. The molecule has 1 aromatic carbocycles. The fraction of sp³-hybridized carbons (Fsp3) is 0.118. The zero-order chi connectivity index (χ0) is 14.1. The topological polar surface area (TPSA) is 29.9 Å². The molecule has 0 fully saturated rings. The van der Waals surface area contributed by atoms with Crippen LogP contribution in [-0.4, -0.2) is 0 Å². The molecule has 2 aromatic heterocycles. The third kappa shape index (κ3) is 2.21. The lowest BCUT2D eigenvalue weighted by atomic mass is 10.1. The first kappa shape index (κ1) is 12.9. The number of hydrogen-bond donors (Lipinski definition) is 1. The highest BCUT2D eigenvalue weighted by Crippen LogP contribution is 2.26. The van der Waals surface area contributed by atoms with Crippen molar-refractivity contribution in [3.63, 3.8) is 0 Å². The summed E-state index contributed by atoms with van der Waals surface area (Å²) in [5.41, 5.74) is 11.6. The molecule has 2 N–H and O–H groups in total. The maximum Gasteiger partial charge on any atom is 0.234 e. The van der Waals surface area contributed by atoms with Gasteiger partial charge in [0.25, 0.3) is 0 Å². The number of hydrogen-bond acceptors (Lipinski definition) is 2. The summed E-state index contributed by atoms with van der Waals surface area (Å²) in [7, 11) is 0. The Bertz CT molecular complexity index is 722. The number of anilines is 1. The Morgan fingerprint density at radius 3 is 2.25 bits per heavy atom. The third-order valence-electron chi connectivity index (χ3n) is 3.42. The van der Waals surface area contributed by atoms with Crippen LogP contribution in [-0.2, 0) is 0 Å². The maximum absolute atomic E-state index is 6.10. The lowest BCUT2D eigenvalue weighted by Gasteiger charge is -2.07. The maximum atomic E-state index is 6.10. The van der Waals surface area contributed by atoms with Gasteiger partial charge in [0.15, 0.2) is 11.4 Å². The summed E-state index contributed by atoms with van der Waals surface area (Å²) in [5, 5.41) is 2.11. The van der Waals surface area contributed by atoms with Crippen molar-refractivity contribution in [2.75, 3.05) is 5.73 Å². The predicted molar refractivity (Wildman–Crippen MR) is 85.2 cm³/mol. The van der Waals surface area contributed by atoms with Crippen molar-refractivity contribution < 1.29 is 4.57 Å². The van der Waals surface area contributed by atoms with Gasteiger partial charge >= 0.3 is 0 Å². The molecule has 2 nitrogen and oxygen atoms in total. The van der Waals surface area contributed by atoms with Crippen LogP contribution in [0.5, 0.6) is 0 Å². The van der Waals surface area contributed by atoms with Crippen molar-refractivity contribution in [1.29, 1.82) is 0 Å². The van der Waals surface area contributed by atoms with Gasteiger partial charge in [-0.2, -0.15) is 4.57 Å². The molecule has 0 atom stereocenters. The SMILES string of the molecule is Cc1cc(-c2cccs2)cc(C)[n+]1-c1ccccc1N. The Morgan fingerprint density at radius 2 is 1.65 bits per heavy atom. The van der Waals surface area contributed by atoms with E-state index in [1.165, 1.54) is 21.8 Å². The quantitative estimate of drug-likeness (QED) is 0.560. The van der Waals surface area contributed by atoms with Gasteiger partial charge in [-0.1, -0.05) is 18.2 Å². The molecule has 0 unspecified atom stereocenters. The molecule has 0 amide bonds. The van der Waals surface area contributed by atoms with E-state index in [0.717, 1.165) is 11.4 Å². The number of aryl methyl sites for hydroxylation is 2. The first-order valence-corrected chi connectivity index (χ1v) is 7.47. The summed E-state index contributed by atoms with van der Waals surface area (Å²) < 4.78 is 2.20. The van der Waals surface area contributed by atoms with Crippen LogP contribution in [0.25, 0.3) is 16.1 Å². The van der Waals surface area contributed by atoms with Crippen molar-refractivity contribution in [3.8, 4) is 16.1 Å². The molecule has 3 aromatic rings. The van der Waals surface area contributed by atoms with E-state index in [2.05, 4.69) is 54.1 Å². The molecule has 0 radical (unpaired) electrons. The second kappa shape index (κ2) is 5.10. The predicted octanol–water partition coefficient (Wildman–Crippen LogP) is 3.89. The zero-order valence-electron chi connectivity index (χ0n) is 11.6. The van der Waals surface area contributed by atoms with Crippen LogP contribution in [0.15, 0.2) is 53.9 Å². The van der Waals surface area contributed by atoms with Gasteiger partial charge in [-0.25, -0.2) is 0 Å². The summed E-state index contributed by atoms with van der Waals surface area (Å²) in [4.78, 5) is 1.30. The van der Waals surface area contributed by atoms with Gasteiger partial charge in [0.05, 0.1) is 0 Å². The van der Waals surface area contributed by atoms with Crippen LogP contribution in [0.1, 0.15) is 11.4 Å². The van der Waals surface area contributed by atoms with Crippen LogP contribution < -0.4 is 10.3 Å². The molecule has 3 rings (SSSR count). The molecule has 0 aliphatic carbocycles. The summed E-state index contributed by atoms with van der Waals surface area (Å²) >= 11 is 1.76. The number of nitrogens with zero attached hydrogens (tertiary/aromatic N) is 1. The van der Waals surface area contributed by atoms with E-state index in [-0.39, 0.29) is 0 Å². The Labute approximate surface area is 123 Å². The first-order valence-electron chi connectivity index (χ1n) is 6.59. The van der Waals surface area contributed by atoms with E-state index in [1.807, 2.05) is 18.2 Å². The van der Waals surface area contributed by atoms with E-state index in [9.17, 15) is 0 Å². The number of benzene rings is 1. The average Bonchev–Trinajstić information content (AvgIpc) is 2.94. The van der Waals surface area contributed by atoms with E-state index >= 15 is 0 Å². The summed E-state index contributed by atoms with van der Waals surface area (Å²) in [6.45, 7) is 4.24. The van der Waals surface area contributed by atoms with Crippen LogP contribution in [0, 0.1) is 13.8 Å². The van der Waals surface area contributed by atoms with Crippen molar-refractivity contribution in [2.24, 2.45) is 0 Å². The molecule has 0 spiro atoms. The average molecular weight is 281 g/mol. The largest absolute Gasteiger partial charge is 0.393 e. The number of pyridine rings is 1. The summed E-state index contributed by atoms with van der Waals surface area (Å²) in [6, 6.07) is 16.6. The second-order valence-corrected chi connectivity index (χ2v) is 5.85. The molecule has 0 aliphatic rings. The molecule has 3 heteroatoms. The zero-order valence-corrected chi connectivity index (χ0v) is 12.4. The van der Waals surface area contributed by atoms with Gasteiger partial charge in [-0.3, -0.25) is 0 Å². The number of nitrogen functional groups attached to an aromatic ring is 1. The lowest BCUT2D eigenvalue weighted by molar-refractivity contribution is -0.608. The molecule has 0 bridgehead atoms. The van der Waals surface area contributed by atoms with Crippen molar-refractivity contribution in [3.05, 3.63) is 65.3 Å². The Hall–Kier alpha value is -2.13. The van der Waals surface area contributed by atoms with Crippen molar-refractivity contribution in [2.45, 2.75) is 13.8 Å². The highest BCUT2D eigenvalue weighted by atomic mass is 32.1. The fourth-order valence-electron chi connectivity index (χ4n) is 2.56. The second-order valence-electron chi connectivity index (χ2n) is 4.90.